The minimum Gasteiger partial charge on any atom is -0.507 e. The molecule has 31 heavy (non-hydrogen) atoms. The zero-order valence-electron chi connectivity index (χ0n) is 17.9. The lowest BCUT2D eigenvalue weighted by Gasteiger charge is -2.41. The van der Waals surface area contributed by atoms with Crippen molar-refractivity contribution >= 4 is 10.2 Å². The van der Waals surface area contributed by atoms with E-state index in [0.717, 1.165) is 42.6 Å². The summed E-state index contributed by atoms with van der Waals surface area (Å²) in [6.45, 7) is 0.785. The number of benzene rings is 2. The van der Waals surface area contributed by atoms with Gasteiger partial charge in [0, 0.05) is 36.2 Å². The van der Waals surface area contributed by atoms with Gasteiger partial charge >= 0.3 is 0 Å². The number of hydrogen-bond donors (Lipinski definition) is 4. The van der Waals surface area contributed by atoms with Gasteiger partial charge in [0.2, 0.25) is 0 Å². The van der Waals surface area contributed by atoms with E-state index < -0.39 is 10.2 Å². The van der Waals surface area contributed by atoms with Gasteiger partial charge in [0.05, 0.1) is 14.2 Å². The molecule has 0 aromatic heterocycles. The zero-order chi connectivity index (χ0) is 22.5. The zero-order valence-corrected chi connectivity index (χ0v) is 18.7. The maximum Gasteiger partial charge on any atom is 0.274 e. The van der Waals surface area contributed by atoms with Gasteiger partial charge in [-0.3, -0.25) is 0 Å². The first kappa shape index (κ1) is 23.3. The fourth-order valence-electron chi connectivity index (χ4n) is 4.21. The molecule has 2 aromatic rings. The van der Waals surface area contributed by atoms with Gasteiger partial charge in [-0.15, -0.1) is 0 Å². The molecule has 0 heterocycles. The van der Waals surface area contributed by atoms with Crippen LogP contribution in [0, 0.1) is 0 Å². The largest absolute Gasteiger partial charge is 0.507 e. The van der Waals surface area contributed by atoms with Crippen LogP contribution in [0.3, 0.4) is 0 Å². The summed E-state index contributed by atoms with van der Waals surface area (Å²) in [5.74, 6) is 1.55. The number of nitrogens with one attached hydrogen (secondary N) is 2. The SMILES string of the molecule is COc1cccc(C2(CNS(N)(=O)=O)CCC(NCc3ccc(OC)cc3O)CC2)c1. The second kappa shape index (κ2) is 9.86. The van der Waals surface area contributed by atoms with Gasteiger partial charge in [0.1, 0.15) is 17.2 Å². The van der Waals surface area contributed by atoms with Gasteiger partial charge in [-0.1, -0.05) is 18.2 Å². The Balaban J connectivity index is 1.69. The molecule has 170 valence electrons. The normalized spacial score (nSPS) is 21.6. The molecule has 0 spiro atoms. The van der Waals surface area contributed by atoms with Crippen LogP contribution in [-0.2, 0) is 22.2 Å². The predicted molar refractivity (Wildman–Crippen MR) is 120 cm³/mol. The highest BCUT2D eigenvalue weighted by Crippen LogP contribution is 2.40. The smallest absolute Gasteiger partial charge is 0.274 e. The molecular weight excluding hydrogens is 418 g/mol. The van der Waals surface area contributed by atoms with Gasteiger partial charge in [-0.25, -0.2) is 9.86 Å². The molecule has 3 rings (SSSR count). The minimum atomic E-state index is -3.79. The molecule has 8 nitrogen and oxygen atoms in total. The van der Waals surface area contributed by atoms with E-state index in [0.29, 0.717) is 12.3 Å². The van der Waals surface area contributed by atoms with E-state index in [-0.39, 0.29) is 23.8 Å². The van der Waals surface area contributed by atoms with Crippen LogP contribution in [0.25, 0.3) is 0 Å². The standard InChI is InChI=1S/C22H31N3O5S/c1-29-19-5-3-4-17(12-19)22(15-25-31(23,27)28)10-8-18(9-11-22)24-14-16-6-7-20(30-2)13-21(16)26/h3-7,12-13,18,24-26H,8-11,14-15H2,1-2H3,(H2,23,27,28). The van der Waals surface area contributed by atoms with Crippen molar-refractivity contribution in [3.8, 4) is 17.2 Å². The Morgan fingerprint density at radius 3 is 2.39 bits per heavy atom. The number of phenols is 1. The van der Waals surface area contributed by atoms with Crippen LogP contribution in [0.5, 0.6) is 17.2 Å². The van der Waals surface area contributed by atoms with E-state index in [1.54, 1.807) is 20.3 Å². The Morgan fingerprint density at radius 2 is 1.77 bits per heavy atom. The van der Waals surface area contributed by atoms with E-state index in [4.69, 9.17) is 14.6 Å². The third kappa shape index (κ3) is 6.10. The lowest BCUT2D eigenvalue weighted by molar-refractivity contribution is 0.244. The van der Waals surface area contributed by atoms with Crippen LogP contribution >= 0.6 is 0 Å². The topological polar surface area (TPSA) is 123 Å². The summed E-state index contributed by atoms with van der Waals surface area (Å²) in [5.41, 5.74) is 1.48. The van der Waals surface area contributed by atoms with Crippen LogP contribution in [0.2, 0.25) is 0 Å². The van der Waals surface area contributed by atoms with E-state index in [9.17, 15) is 13.5 Å². The van der Waals surface area contributed by atoms with Gasteiger partial charge < -0.3 is 19.9 Å². The van der Waals surface area contributed by atoms with E-state index in [1.165, 1.54) is 0 Å². The number of hydrogen-bond acceptors (Lipinski definition) is 6. The predicted octanol–water partition coefficient (Wildman–Crippen LogP) is 2.17. The number of aromatic hydroxyl groups is 1. The Hall–Kier alpha value is -2.33. The van der Waals surface area contributed by atoms with E-state index >= 15 is 0 Å². The van der Waals surface area contributed by atoms with Crippen molar-refractivity contribution in [2.45, 2.75) is 43.7 Å². The van der Waals surface area contributed by atoms with Crippen LogP contribution in [-0.4, -0.2) is 40.3 Å². The highest BCUT2D eigenvalue weighted by Gasteiger charge is 2.37. The number of rotatable bonds is 9. The highest BCUT2D eigenvalue weighted by molar-refractivity contribution is 7.87. The van der Waals surface area contributed by atoms with Crippen molar-refractivity contribution in [1.29, 1.82) is 0 Å². The third-order valence-corrected chi connectivity index (χ3v) is 6.66. The molecule has 1 fully saturated rings. The van der Waals surface area contributed by atoms with Gasteiger partial charge in [0.15, 0.2) is 0 Å². The monoisotopic (exact) mass is 449 g/mol. The first-order valence-corrected chi connectivity index (χ1v) is 11.8. The van der Waals surface area contributed by atoms with Crippen LogP contribution in [0.4, 0.5) is 0 Å². The van der Waals surface area contributed by atoms with Crippen molar-refractivity contribution in [3.63, 3.8) is 0 Å². The van der Waals surface area contributed by atoms with Crippen LogP contribution < -0.4 is 24.7 Å². The molecule has 1 saturated carbocycles. The van der Waals surface area contributed by atoms with E-state index in [2.05, 4.69) is 10.0 Å². The Labute approximate surface area is 183 Å². The first-order valence-electron chi connectivity index (χ1n) is 10.3. The van der Waals surface area contributed by atoms with Crippen LogP contribution in [0.1, 0.15) is 36.8 Å². The summed E-state index contributed by atoms with van der Waals surface area (Å²) in [6, 6.07) is 13.3. The number of ether oxygens (including phenoxy) is 2. The van der Waals surface area contributed by atoms with Crippen molar-refractivity contribution < 1.29 is 23.0 Å². The summed E-state index contributed by atoms with van der Waals surface area (Å²) in [6.07, 6.45) is 3.30. The molecule has 0 bridgehead atoms. The maximum atomic E-state index is 11.6. The van der Waals surface area contributed by atoms with Crippen molar-refractivity contribution in [1.82, 2.24) is 10.0 Å². The average molecular weight is 450 g/mol. The fraction of sp³-hybridized carbons (Fsp3) is 0.455. The molecular formula is C22H31N3O5S. The molecule has 1 aliphatic carbocycles. The fourth-order valence-corrected chi connectivity index (χ4v) is 4.69. The first-order chi connectivity index (χ1) is 14.7. The molecule has 0 unspecified atom stereocenters. The van der Waals surface area contributed by atoms with Gasteiger partial charge in [-0.2, -0.15) is 8.42 Å². The Bertz CT molecular complexity index is 988. The maximum absolute atomic E-state index is 11.6. The molecule has 5 N–H and O–H groups in total. The highest BCUT2D eigenvalue weighted by atomic mass is 32.2. The minimum absolute atomic E-state index is 0.200. The number of nitrogens with two attached hydrogens (primary N) is 1. The summed E-state index contributed by atoms with van der Waals surface area (Å²) in [4.78, 5) is 0. The molecule has 1 aliphatic rings. The molecule has 0 radical (unpaired) electrons. The molecule has 2 aromatic carbocycles. The van der Waals surface area contributed by atoms with Crippen molar-refractivity contribution in [2.24, 2.45) is 5.14 Å². The molecule has 0 aliphatic heterocycles. The number of phenolic OH excluding ortho intramolecular Hbond substituents is 1. The van der Waals surface area contributed by atoms with Crippen molar-refractivity contribution in [2.75, 3.05) is 20.8 Å². The lowest BCUT2D eigenvalue weighted by Crippen LogP contribution is -2.47. The number of methoxy groups -OCH3 is 2. The second-order valence-corrected chi connectivity index (χ2v) is 9.41. The second-order valence-electron chi connectivity index (χ2n) is 8.03. The quantitative estimate of drug-likeness (QED) is 0.465. The molecule has 0 saturated heterocycles. The molecule has 9 heteroatoms. The summed E-state index contributed by atoms with van der Waals surface area (Å²) < 4.78 is 36.1. The third-order valence-electron chi connectivity index (χ3n) is 6.11. The molecule has 0 amide bonds. The van der Waals surface area contributed by atoms with Gasteiger partial charge in [0.25, 0.3) is 10.2 Å². The Morgan fingerprint density at radius 1 is 1.10 bits per heavy atom. The summed E-state index contributed by atoms with van der Waals surface area (Å²) >= 11 is 0. The summed E-state index contributed by atoms with van der Waals surface area (Å²) in [7, 11) is -0.612. The van der Waals surface area contributed by atoms with Crippen LogP contribution in [0.15, 0.2) is 42.5 Å². The summed E-state index contributed by atoms with van der Waals surface area (Å²) in [5, 5.41) is 18.9. The van der Waals surface area contributed by atoms with Gasteiger partial charge in [-0.05, 0) is 49.4 Å². The Kier molecular flexibility index (Phi) is 7.42. The van der Waals surface area contributed by atoms with E-state index in [1.807, 2.05) is 36.4 Å². The average Bonchev–Trinajstić information content (AvgIpc) is 2.77. The van der Waals surface area contributed by atoms with Crippen molar-refractivity contribution in [3.05, 3.63) is 53.6 Å². The molecule has 0 atom stereocenters. The lowest BCUT2D eigenvalue weighted by atomic mass is 9.68.